The normalized spacial score (nSPS) is 15.1. The number of aliphatic hydroxyl groups excluding tert-OH is 1. The number of carbonyl (C=O) groups excluding carboxylic acids is 2. The Morgan fingerprint density at radius 3 is 2.50 bits per heavy atom. The molecule has 0 saturated carbocycles. The van der Waals surface area contributed by atoms with Gasteiger partial charge in [0, 0.05) is 12.0 Å². The number of aliphatic hydroxyl groups is 1. The minimum atomic E-state index is -1.05. The lowest BCUT2D eigenvalue weighted by molar-refractivity contribution is -0.137. The summed E-state index contributed by atoms with van der Waals surface area (Å²) in [7, 11) is 0. The number of rotatable bonds is 5. The van der Waals surface area contributed by atoms with Gasteiger partial charge >= 0.3 is 5.97 Å². The molecule has 0 aliphatic heterocycles. The molecule has 0 aromatic carbocycles. The highest BCUT2D eigenvalue weighted by atomic mass is 16.5. The van der Waals surface area contributed by atoms with Crippen LogP contribution in [0.15, 0.2) is 12.2 Å². The minimum absolute atomic E-state index is 0.312. The molecule has 0 rings (SSSR count). The summed E-state index contributed by atoms with van der Waals surface area (Å²) in [6.07, 6.45) is 1.63. The van der Waals surface area contributed by atoms with Crippen LogP contribution in [0.1, 0.15) is 20.8 Å². The third-order valence-corrected chi connectivity index (χ3v) is 1.74. The smallest absolute Gasteiger partial charge is 0.330 e. The van der Waals surface area contributed by atoms with E-state index in [1.165, 1.54) is 19.1 Å². The lowest BCUT2D eigenvalue weighted by atomic mass is 10.0. The van der Waals surface area contributed by atoms with Crippen LogP contribution in [0.5, 0.6) is 0 Å². The third kappa shape index (κ3) is 4.77. The van der Waals surface area contributed by atoms with Crippen LogP contribution in [0.25, 0.3) is 0 Å². The molecule has 0 amide bonds. The summed E-state index contributed by atoms with van der Waals surface area (Å²) in [5.41, 5.74) is 0. The van der Waals surface area contributed by atoms with E-state index in [1.807, 2.05) is 0 Å². The van der Waals surface area contributed by atoms with Gasteiger partial charge in [-0.15, -0.1) is 0 Å². The van der Waals surface area contributed by atoms with Gasteiger partial charge in [0.2, 0.25) is 0 Å². The van der Waals surface area contributed by atoms with Crippen molar-refractivity contribution in [2.75, 3.05) is 6.61 Å². The van der Waals surface area contributed by atoms with Crippen LogP contribution in [-0.4, -0.2) is 29.6 Å². The fourth-order valence-electron chi connectivity index (χ4n) is 0.896. The molecule has 0 aliphatic rings. The van der Waals surface area contributed by atoms with Gasteiger partial charge in [-0.3, -0.25) is 4.79 Å². The molecule has 0 heterocycles. The van der Waals surface area contributed by atoms with Gasteiger partial charge in [0.15, 0.2) is 5.78 Å². The SMILES string of the molecule is CCOC(=O)/C=C/[C@@H](C)[C@@H](O)C(C)=O. The Kier molecular flexibility index (Phi) is 5.79. The summed E-state index contributed by atoms with van der Waals surface area (Å²) >= 11 is 0. The zero-order chi connectivity index (χ0) is 11.1. The van der Waals surface area contributed by atoms with Crippen LogP contribution < -0.4 is 0 Å². The van der Waals surface area contributed by atoms with E-state index in [0.717, 1.165) is 0 Å². The Hall–Kier alpha value is -1.16. The van der Waals surface area contributed by atoms with Crippen molar-refractivity contribution >= 4 is 11.8 Å². The van der Waals surface area contributed by atoms with Crippen molar-refractivity contribution in [3.05, 3.63) is 12.2 Å². The fourth-order valence-corrected chi connectivity index (χ4v) is 0.896. The highest BCUT2D eigenvalue weighted by molar-refractivity contribution is 5.83. The van der Waals surface area contributed by atoms with Crippen molar-refractivity contribution in [2.24, 2.45) is 5.92 Å². The first kappa shape index (κ1) is 12.8. The fraction of sp³-hybridized carbons (Fsp3) is 0.600. The quantitative estimate of drug-likeness (QED) is 0.524. The van der Waals surface area contributed by atoms with E-state index in [-0.39, 0.29) is 11.7 Å². The Bertz CT molecular complexity index is 232. The van der Waals surface area contributed by atoms with Crippen LogP contribution in [0, 0.1) is 5.92 Å². The van der Waals surface area contributed by atoms with Crippen molar-refractivity contribution in [3.8, 4) is 0 Å². The minimum Gasteiger partial charge on any atom is -0.463 e. The molecule has 0 aromatic rings. The van der Waals surface area contributed by atoms with Crippen LogP contribution in [0.3, 0.4) is 0 Å². The molecule has 1 N–H and O–H groups in total. The summed E-state index contributed by atoms with van der Waals surface area (Å²) in [5.74, 6) is -1.15. The summed E-state index contributed by atoms with van der Waals surface area (Å²) < 4.78 is 4.64. The molecule has 0 unspecified atom stereocenters. The lowest BCUT2D eigenvalue weighted by Gasteiger charge is -2.10. The average Bonchev–Trinajstić information content (AvgIpc) is 2.13. The van der Waals surface area contributed by atoms with Gasteiger partial charge < -0.3 is 9.84 Å². The molecule has 0 aliphatic carbocycles. The summed E-state index contributed by atoms with van der Waals surface area (Å²) in [5, 5.41) is 9.28. The van der Waals surface area contributed by atoms with Gasteiger partial charge in [0.05, 0.1) is 6.61 Å². The molecule has 4 nitrogen and oxygen atoms in total. The Morgan fingerprint density at radius 2 is 2.07 bits per heavy atom. The first-order valence-corrected chi connectivity index (χ1v) is 4.52. The molecular formula is C10H16O4. The topological polar surface area (TPSA) is 63.6 Å². The number of ketones is 1. The Balaban J connectivity index is 4.10. The third-order valence-electron chi connectivity index (χ3n) is 1.74. The molecule has 80 valence electrons. The molecule has 0 aromatic heterocycles. The zero-order valence-electron chi connectivity index (χ0n) is 8.69. The van der Waals surface area contributed by atoms with E-state index < -0.39 is 12.1 Å². The Labute approximate surface area is 83.6 Å². The first-order chi connectivity index (χ1) is 6.49. The number of ether oxygens (including phenoxy) is 1. The van der Waals surface area contributed by atoms with Gasteiger partial charge in [-0.05, 0) is 13.8 Å². The second kappa shape index (κ2) is 6.32. The number of hydrogen-bond acceptors (Lipinski definition) is 4. The summed E-state index contributed by atoms with van der Waals surface area (Å²) in [6.45, 7) is 4.98. The van der Waals surface area contributed by atoms with Crippen LogP contribution >= 0.6 is 0 Å². The molecule has 0 radical (unpaired) electrons. The lowest BCUT2D eigenvalue weighted by Crippen LogP contribution is -2.24. The average molecular weight is 200 g/mol. The van der Waals surface area contributed by atoms with E-state index in [4.69, 9.17) is 0 Å². The van der Waals surface area contributed by atoms with Gasteiger partial charge in [-0.2, -0.15) is 0 Å². The maximum atomic E-state index is 10.9. The maximum absolute atomic E-state index is 10.9. The zero-order valence-corrected chi connectivity index (χ0v) is 8.69. The van der Waals surface area contributed by atoms with E-state index in [0.29, 0.717) is 6.61 Å². The molecule has 14 heavy (non-hydrogen) atoms. The molecule has 2 atom stereocenters. The highest BCUT2D eigenvalue weighted by Gasteiger charge is 2.15. The largest absolute Gasteiger partial charge is 0.463 e. The highest BCUT2D eigenvalue weighted by Crippen LogP contribution is 2.05. The molecule has 0 bridgehead atoms. The molecule has 0 fully saturated rings. The van der Waals surface area contributed by atoms with Crippen molar-refractivity contribution in [2.45, 2.75) is 26.9 Å². The standard InChI is InChI=1S/C10H16O4/c1-4-14-9(12)6-5-7(2)10(13)8(3)11/h5-7,10,13H,4H2,1-3H3/b6-5+/t7-,10-/m1/s1. The van der Waals surface area contributed by atoms with E-state index in [2.05, 4.69) is 4.74 Å². The number of hydrogen-bond donors (Lipinski definition) is 1. The molecule has 0 spiro atoms. The summed E-state index contributed by atoms with van der Waals surface area (Å²) in [6, 6.07) is 0. The second-order valence-electron chi connectivity index (χ2n) is 3.03. The predicted octanol–water partition coefficient (Wildman–Crippen LogP) is 0.692. The summed E-state index contributed by atoms with van der Waals surface area (Å²) in [4.78, 5) is 21.6. The van der Waals surface area contributed by atoms with E-state index >= 15 is 0 Å². The van der Waals surface area contributed by atoms with Crippen molar-refractivity contribution < 1.29 is 19.4 Å². The number of esters is 1. The van der Waals surface area contributed by atoms with E-state index in [1.54, 1.807) is 13.8 Å². The van der Waals surface area contributed by atoms with Crippen molar-refractivity contribution in [1.29, 1.82) is 0 Å². The van der Waals surface area contributed by atoms with Gasteiger partial charge in [-0.25, -0.2) is 4.79 Å². The maximum Gasteiger partial charge on any atom is 0.330 e. The number of carbonyl (C=O) groups is 2. The monoisotopic (exact) mass is 200 g/mol. The number of Topliss-reactive ketones (excluding diaryl/α,β-unsaturated/α-hetero) is 1. The van der Waals surface area contributed by atoms with Crippen LogP contribution in [0.4, 0.5) is 0 Å². The molecule has 0 saturated heterocycles. The van der Waals surface area contributed by atoms with Crippen molar-refractivity contribution in [1.82, 2.24) is 0 Å². The molecular weight excluding hydrogens is 184 g/mol. The van der Waals surface area contributed by atoms with Crippen molar-refractivity contribution in [3.63, 3.8) is 0 Å². The van der Waals surface area contributed by atoms with Crippen LogP contribution in [0.2, 0.25) is 0 Å². The molecule has 4 heteroatoms. The first-order valence-electron chi connectivity index (χ1n) is 4.52. The second-order valence-corrected chi connectivity index (χ2v) is 3.03. The predicted molar refractivity (Wildman–Crippen MR) is 51.6 cm³/mol. The van der Waals surface area contributed by atoms with Gasteiger partial charge in [0.1, 0.15) is 6.10 Å². The van der Waals surface area contributed by atoms with E-state index in [9.17, 15) is 14.7 Å². The van der Waals surface area contributed by atoms with Crippen LogP contribution in [-0.2, 0) is 14.3 Å². The Morgan fingerprint density at radius 1 is 1.50 bits per heavy atom. The van der Waals surface area contributed by atoms with Gasteiger partial charge in [-0.1, -0.05) is 13.0 Å². The van der Waals surface area contributed by atoms with Gasteiger partial charge in [0.25, 0.3) is 0 Å².